The molecule has 146 valence electrons. The number of aliphatic hydroxyl groups excluding tert-OH is 1. The van der Waals surface area contributed by atoms with Gasteiger partial charge in [0.1, 0.15) is 12.1 Å². The van der Waals surface area contributed by atoms with Crippen LogP contribution in [0.2, 0.25) is 0 Å². The Labute approximate surface area is 153 Å². The number of nitrogens with two attached hydrogens (primary N) is 1. The topological polar surface area (TPSA) is 199 Å². The number of carboxylic acids is 1. The summed E-state index contributed by atoms with van der Waals surface area (Å²) in [6.45, 7) is -0.718. The van der Waals surface area contributed by atoms with Crippen molar-refractivity contribution >= 4 is 17.8 Å². The van der Waals surface area contributed by atoms with Gasteiger partial charge < -0.3 is 36.5 Å². The van der Waals surface area contributed by atoms with Gasteiger partial charge in [0.2, 0.25) is 11.8 Å². The van der Waals surface area contributed by atoms with Crippen molar-refractivity contribution in [3.8, 4) is 0 Å². The van der Waals surface area contributed by atoms with Gasteiger partial charge in [-0.3, -0.25) is 9.59 Å². The fraction of sp³-hybridized carbons (Fsp3) is 0.400. The van der Waals surface area contributed by atoms with Gasteiger partial charge in [-0.05, 0) is 0 Å². The molecule has 2 amide bonds. The number of rotatable bonds is 10. The van der Waals surface area contributed by atoms with Gasteiger partial charge in [-0.15, -0.1) is 0 Å². The average Bonchev–Trinajstić information content (AvgIpc) is 3.32. The number of aromatic nitrogens is 4. The molecule has 0 saturated heterocycles. The van der Waals surface area contributed by atoms with Crippen molar-refractivity contribution in [1.29, 1.82) is 0 Å². The number of carbonyl (C=O) groups is 3. The van der Waals surface area contributed by atoms with E-state index in [9.17, 15) is 24.6 Å². The van der Waals surface area contributed by atoms with Crippen LogP contribution in [0.1, 0.15) is 11.4 Å². The first kappa shape index (κ1) is 20.1. The minimum Gasteiger partial charge on any atom is -0.480 e. The van der Waals surface area contributed by atoms with Crippen molar-refractivity contribution in [2.75, 3.05) is 6.61 Å². The number of imidazole rings is 2. The Morgan fingerprint density at radius 3 is 2.04 bits per heavy atom. The average molecular weight is 379 g/mol. The number of nitrogens with zero attached hydrogens (tertiary/aromatic N) is 2. The van der Waals surface area contributed by atoms with E-state index >= 15 is 0 Å². The number of hydrogen-bond acceptors (Lipinski definition) is 7. The number of aliphatic hydroxyl groups is 1. The number of aliphatic carboxylic acids is 1. The normalized spacial score (nSPS) is 14.1. The summed E-state index contributed by atoms with van der Waals surface area (Å²) in [6, 6.07) is -3.58. The van der Waals surface area contributed by atoms with Crippen LogP contribution in [0.4, 0.5) is 0 Å². The van der Waals surface area contributed by atoms with Crippen LogP contribution in [0.5, 0.6) is 0 Å². The minimum absolute atomic E-state index is 0.0352. The predicted molar refractivity (Wildman–Crippen MR) is 91.1 cm³/mol. The largest absolute Gasteiger partial charge is 0.480 e. The Morgan fingerprint density at radius 1 is 1.00 bits per heavy atom. The Balaban J connectivity index is 1.92. The fourth-order valence-corrected chi connectivity index (χ4v) is 2.29. The first-order chi connectivity index (χ1) is 12.9. The summed E-state index contributed by atoms with van der Waals surface area (Å²) in [6.07, 6.45) is 5.89. The molecule has 2 aromatic rings. The lowest BCUT2D eigenvalue weighted by Gasteiger charge is -2.21. The molecule has 12 heteroatoms. The summed E-state index contributed by atoms with van der Waals surface area (Å²) >= 11 is 0. The number of carboxylic acid groups (broad SMARTS) is 1. The Bertz CT molecular complexity index is 747. The van der Waals surface area contributed by atoms with Crippen LogP contribution in [0.15, 0.2) is 25.0 Å². The van der Waals surface area contributed by atoms with Gasteiger partial charge in [0.05, 0.1) is 25.3 Å². The van der Waals surface area contributed by atoms with Crippen molar-refractivity contribution in [2.24, 2.45) is 5.73 Å². The molecule has 0 saturated carbocycles. The van der Waals surface area contributed by atoms with Crippen LogP contribution in [0.25, 0.3) is 0 Å². The van der Waals surface area contributed by atoms with Gasteiger partial charge in [0.15, 0.2) is 0 Å². The van der Waals surface area contributed by atoms with E-state index in [1.807, 2.05) is 0 Å². The van der Waals surface area contributed by atoms with Gasteiger partial charge >= 0.3 is 5.97 Å². The molecule has 0 bridgehead atoms. The number of aromatic amines is 2. The van der Waals surface area contributed by atoms with Crippen LogP contribution in [0, 0.1) is 0 Å². The summed E-state index contributed by atoms with van der Waals surface area (Å²) in [5, 5.41) is 23.2. The van der Waals surface area contributed by atoms with Gasteiger partial charge in [0.25, 0.3) is 0 Å². The van der Waals surface area contributed by atoms with Gasteiger partial charge in [-0.1, -0.05) is 0 Å². The van der Waals surface area contributed by atoms with E-state index in [0.29, 0.717) is 11.4 Å². The standard InChI is InChI=1S/C15H21N7O5/c16-10(1-8-3-17-6-19-8)13(24)22-12(5-23)14(25)21-11(15(26)27)2-9-4-18-7-20-9/h3-4,6-7,10-12,23H,1-2,5,16H2,(H,17,19)(H,18,20)(H,21,25)(H,22,24)(H,26,27)/t10-,11-,12-/m0/s1. The van der Waals surface area contributed by atoms with Crippen molar-refractivity contribution < 1.29 is 24.6 Å². The van der Waals surface area contributed by atoms with Gasteiger partial charge in [-0.2, -0.15) is 0 Å². The van der Waals surface area contributed by atoms with Gasteiger partial charge in [0, 0.05) is 36.6 Å². The summed E-state index contributed by atoms with van der Waals surface area (Å²) in [5.41, 5.74) is 6.91. The highest BCUT2D eigenvalue weighted by Crippen LogP contribution is 2.01. The minimum atomic E-state index is -1.34. The molecule has 0 fully saturated rings. The molecule has 0 aromatic carbocycles. The Hall–Kier alpha value is -3.25. The van der Waals surface area contributed by atoms with Crippen molar-refractivity contribution in [1.82, 2.24) is 30.6 Å². The lowest BCUT2D eigenvalue weighted by molar-refractivity contribution is -0.142. The highest BCUT2D eigenvalue weighted by Gasteiger charge is 2.28. The molecule has 2 heterocycles. The van der Waals surface area contributed by atoms with Gasteiger partial charge in [-0.25, -0.2) is 14.8 Å². The summed E-state index contributed by atoms with van der Waals surface area (Å²) in [5.74, 6) is -2.78. The SMILES string of the molecule is N[C@@H](Cc1cnc[nH]1)C(=O)N[C@@H](CO)C(=O)N[C@@H](Cc1cnc[nH]1)C(=O)O. The molecule has 0 aliphatic carbocycles. The number of amides is 2. The van der Waals surface area contributed by atoms with E-state index in [1.54, 1.807) is 0 Å². The molecule has 27 heavy (non-hydrogen) atoms. The molecule has 8 N–H and O–H groups in total. The molecule has 2 aromatic heterocycles. The van der Waals surface area contributed by atoms with E-state index in [0.717, 1.165) is 0 Å². The maximum absolute atomic E-state index is 12.3. The number of nitrogens with one attached hydrogen (secondary N) is 4. The van der Waals surface area contributed by atoms with Crippen LogP contribution < -0.4 is 16.4 Å². The predicted octanol–water partition coefficient (Wildman–Crippen LogP) is -2.71. The third kappa shape index (κ3) is 5.90. The van der Waals surface area contributed by atoms with Crippen LogP contribution in [-0.4, -0.2) is 72.7 Å². The second-order valence-electron chi connectivity index (χ2n) is 5.81. The Morgan fingerprint density at radius 2 is 1.56 bits per heavy atom. The Kier molecular flexibility index (Phi) is 7.02. The second-order valence-corrected chi connectivity index (χ2v) is 5.81. The maximum atomic E-state index is 12.3. The van der Waals surface area contributed by atoms with Crippen LogP contribution in [-0.2, 0) is 27.2 Å². The number of hydrogen-bond donors (Lipinski definition) is 7. The zero-order valence-electron chi connectivity index (χ0n) is 14.3. The van der Waals surface area contributed by atoms with Crippen molar-refractivity contribution in [3.63, 3.8) is 0 Å². The fourth-order valence-electron chi connectivity index (χ4n) is 2.29. The molecule has 2 rings (SSSR count). The number of carbonyl (C=O) groups excluding carboxylic acids is 2. The van der Waals surface area contributed by atoms with E-state index in [4.69, 9.17) is 5.73 Å². The van der Waals surface area contributed by atoms with Crippen molar-refractivity contribution in [2.45, 2.75) is 31.0 Å². The van der Waals surface area contributed by atoms with E-state index in [2.05, 4.69) is 30.6 Å². The monoisotopic (exact) mass is 379 g/mol. The highest BCUT2D eigenvalue weighted by atomic mass is 16.4. The summed E-state index contributed by atoms with van der Waals surface area (Å²) < 4.78 is 0. The van der Waals surface area contributed by atoms with Crippen LogP contribution >= 0.6 is 0 Å². The zero-order chi connectivity index (χ0) is 19.8. The molecule has 0 radical (unpaired) electrons. The third-order valence-electron chi connectivity index (χ3n) is 3.74. The number of H-pyrrole nitrogens is 2. The van der Waals surface area contributed by atoms with E-state index in [1.165, 1.54) is 25.0 Å². The highest BCUT2D eigenvalue weighted by molar-refractivity contribution is 5.92. The second kappa shape index (κ2) is 9.45. The quantitative estimate of drug-likeness (QED) is 0.231. The van der Waals surface area contributed by atoms with Crippen molar-refractivity contribution in [3.05, 3.63) is 36.4 Å². The molecule has 12 nitrogen and oxygen atoms in total. The molecular weight excluding hydrogens is 358 g/mol. The summed E-state index contributed by atoms with van der Waals surface area (Å²) in [7, 11) is 0. The molecule has 0 unspecified atom stereocenters. The van der Waals surface area contributed by atoms with E-state index in [-0.39, 0.29) is 12.8 Å². The molecule has 0 aliphatic rings. The third-order valence-corrected chi connectivity index (χ3v) is 3.74. The van der Waals surface area contributed by atoms with Crippen LogP contribution in [0.3, 0.4) is 0 Å². The maximum Gasteiger partial charge on any atom is 0.326 e. The lowest BCUT2D eigenvalue weighted by Crippen LogP contribution is -2.56. The first-order valence-corrected chi connectivity index (χ1v) is 8.05. The first-order valence-electron chi connectivity index (χ1n) is 8.05. The zero-order valence-corrected chi connectivity index (χ0v) is 14.3. The summed E-state index contributed by atoms with van der Waals surface area (Å²) in [4.78, 5) is 48.9. The molecule has 0 aliphatic heterocycles. The smallest absolute Gasteiger partial charge is 0.326 e. The molecule has 0 spiro atoms. The molecule has 3 atom stereocenters. The lowest BCUT2D eigenvalue weighted by atomic mass is 10.1. The molecular formula is C15H21N7O5. The van der Waals surface area contributed by atoms with E-state index < -0.39 is 42.5 Å².